The highest BCUT2D eigenvalue weighted by molar-refractivity contribution is 5.76. The Bertz CT molecular complexity index is 548. The van der Waals surface area contributed by atoms with Crippen molar-refractivity contribution in [2.24, 2.45) is 0 Å². The summed E-state index contributed by atoms with van der Waals surface area (Å²) in [4.78, 5) is 20.6. The van der Waals surface area contributed by atoms with Gasteiger partial charge in [-0.15, -0.1) is 0 Å². The Balaban J connectivity index is 3.50. The van der Waals surface area contributed by atoms with Crippen molar-refractivity contribution in [3.63, 3.8) is 0 Å². The summed E-state index contributed by atoms with van der Waals surface area (Å²) in [5.74, 6) is -1.79. The van der Waals surface area contributed by atoms with Crippen LogP contribution >= 0.6 is 0 Å². The van der Waals surface area contributed by atoms with E-state index in [4.69, 9.17) is 15.1 Å². The van der Waals surface area contributed by atoms with E-state index in [0.29, 0.717) is 0 Å². The zero-order valence-electron chi connectivity index (χ0n) is 9.15. The van der Waals surface area contributed by atoms with Gasteiger partial charge >= 0.3 is 11.7 Å². The van der Waals surface area contributed by atoms with Crippen molar-refractivity contribution in [1.29, 1.82) is 5.26 Å². The largest absolute Gasteiger partial charge is 0.490 e. The fraction of sp³-hybridized carbons (Fsp3) is 0.200. The van der Waals surface area contributed by atoms with E-state index in [1.807, 2.05) is 0 Å². The molecule has 8 nitrogen and oxygen atoms in total. The van der Waals surface area contributed by atoms with Crippen LogP contribution < -0.4 is 4.74 Å². The molecule has 0 spiro atoms. The maximum Gasteiger partial charge on any atom is 0.337 e. The molecule has 0 saturated carbocycles. The van der Waals surface area contributed by atoms with Crippen molar-refractivity contribution in [2.75, 3.05) is 7.11 Å². The maximum absolute atomic E-state index is 10.7. The summed E-state index contributed by atoms with van der Waals surface area (Å²) in [6.07, 6.45) is -1.95. The number of nitriles is 1. The van der Waals surface area contributed by atoms with Crippen LogP contribution in [0.2, 0.25) is 0 Å². The van der Waals surface area contributed by atoms with Crippen molar-refractivity contribution < 1.29 is 24.7 Å². The second kappa shape index (κ2) is 5.11. The van der Waals surface area contributed by atoms with E-state index in [1.165, 1.54) is 0 Å². The quantitative estimate of drug-likeness (QED) is 0.591. The molecule has 94 valence electrons. The van der Waals surface area contributed by atoms with Crippen molar-refractivity contribution in [2.45, 2.75) is 6.10 Å². The monoisotopic (exact) mass is 252 g/mol. The van der Waals surface area contributed by atoms with E-state index in [9.17, 15) is 20.0 Å². The number of nitrogens with zero attached hydrogens (tertiary/aromatic N) is 2. The highest BCUT2D eigenvalue weighted by Gasteiger charge is 2.25. The van der Waals surface area contributed by atoms with Gasteiger partial charge in [0.05, 0.1) is 23.7 Å². The van der Waals surface area contributed by atoms with Crippen LogP contribution in [0.15, 0.2) is 12.1 Å². The Morgan fingerprint density at radius 1 is 1.61 bits per heavy atom. The molecule has 0 fully saturated rings. The minimum Gasteiger partial charge on any atom is -0.490 e. The van der Waals surface area contributed by atoms with Crippen LogP contribution in [0.5, 0.6) is 5.75 Å². The molecule has 0 amide bonds. The summed E-state index contributed by atoms with van der Waals surface area (Å²) >= 11 is 0. The number of carboxylic acids is 1. The first kappa shape index (κ1) is 13.4. The average Bonchev–Trinajstić information content (AvgIpc) is 2.35. The van der Waals surface area contributed by atoms with E-state index in [1.54, 1.807) is 6.07 Å². The van der Waals surface area contributed by atoms with Crippen LogP contribution in [0.25, 0.3) is 0 Å². The zero-order valence-corrected chi connectivity index (χ0v) is 9.15. The van der Waals surface area contributed by atoms with Crippen molar-refractivity contribution >= 4 is 11.7 Å². The third-order valence-electron chi connectivity index (χ3n) is 2.20. The number of aliphatic carboxylic acids is 1. The van der Waals surface area contributed by atoms with Gasteiger partial charge in [-0.2, -0.15) is 5.26 Å². The number of hydrogen-bond acceptors (Lipinski definition) is 6. The molecule has 1 aromatic carbocycles. The number of hydrogen-bond donors (Lipinski definition) is 2. The second-order valence-electron chi connectivity index (χ2n) is 3.22. The number of nitro groups is 1. The van der Waals surface area contributed by atoms with Gasteiger partial charge in [0, 0.05) is 11.6 Å². The number of nitro benzene ring substituents is 1. The number of rotatable bonds is 4. The fourth-order valence-electron chi connectivity index (χ4n) is 1.35. The Morgan fingerprint density at radius 3 is 2.61 bits per heavy atom. The van der Waals surface area contributed by atoms with E-state index in [-0.39, 0.29) is 16.9 Å². The van der Waals surface area contributed by atoms with Gasteiger partial charge in [-0.05, 0) is 6.07 Å². The topological polar surface area (TPSA) is 134 Å². The summed E-state index contributed by atoms with van der Waals surface area (Å²) in [5, 5.41) is 37.5. The zero-order chi connectivity index (χ0) is 13.9. The van der Waals surface area contributed by atoms with Crippen LogP contribution in [0.4, 0.5) is 5.69 Å². The molecule has 8 heteroatoms. The minimum atomic E-state index is -1.95. The summed E-state index contributed by atoms with van der Waals surface area (Å²) in [6, 6.07) is 3.42. The van der Waals surface area contributed by atoms with E-state index in [0.717, 1.165) is 19.2 Å². The molecule has 0 bridgehead atoms. The molecule has 1 aromatic rings. The van der Waals surface area contributed by atoms with E-state index < -0.39 is 22.7 Å². The Kier molecular flexibility index (Phi) is 3.81. The number of carbonyl (C=O) groups is 1. The number of carboxylic acid groups (broad SMARTS) is 1. The summed E-state index contributed by atoms with van der Waals surface area (Å²) in [6.45, 7) is 0. The smallest absolute Gasteiger partial charge is 0.337 e. The van der Waals surface area contributed by atoms with Gasteiger partial charge < -0.3 is 14.9 Å². The number of ether oxygens (including phenoxy) is 1. The number of methoxy groups -OCH3 is 1. The lowest BCUT2D eigenvalue weighted by molar-refractivity contribution is -0.385. The Labute approximate surface area is 101 Å². The normalized spacial score (nSPS) is 11.4. The fourth-order valence-corrected chi connectivity index (χ4v) is 1.35. The van der Waals surface area contributed by atoms with Crippen molar-refractivity contribution in [3.8, 4) is 11.8 Å². The number of benzene rings is 1. The first-order chi connectivity index (χ1) is 8.42. The molecule has 1 atom stereocenters. The van der Waals surface area contributed by atoms with Crippen LogP contribution in [0.3, 0.4) is 0 Å². The van der Waals surface area contributed by atoms with Gasteiger partial charge in [0.1, 0.15) is 0 Å². The lowest BCUT2D eigenvalue weighted by Gasteiger charge is -2.10. The van der Waals surface area contributed by atoms with Crippen LogP contribution in [0.1, 0.15) is 17.2 Å². The number of aliphatic hydroxyl groups is 1. The predicted molar refractivity (Wildman–Crippen MR) is 57.0 cm³/mol. The first-order valence-corrected chi connectivity index (χ1v) is 4.59. The van der Waals surface area contributed by atoms with Crippen molar-refractivity contribution in [1.82, 2.24) is 0 Å². The molecule has 0 aliphatic carbocycles. The molecular formula is C10H8N2O6. The van der Waals surface area contributed by atoms with Gasteiger partial charge in [-0.1, -0.05) is 0 Å². The molecule has 0 aromatic heterocycles. The average molecular weight is 252 g/mol. The Hall–Kier alpha value is -2.66. The minimum absolute atomic E-state index is 0.227. The molecule has 2 N–H and O–H groups in total. The molecule has 0 aliphatic rings. The highest BCUT2D eigenvalue weighted by Crippen LogP contribution is 2.32. The van der Waals surface area contributed by atoms with Crippen LogP contribution in [0, 0.1) is 21.4 Å². The van der Waals surface area contributed by atoms with Crippen LogP contribution in [-0.4, -0.2) is 28.2 Å². The third-order valence-corrected chi connectivity index (χ3v) is 2.20. The summed E-state index contributed by atoms with van der Waals surface area (Å²) in [5.41, 5.74) is -1.03. The van der Waals surface area contributed by atoms with Gasteiger partial charge in [0.2, 0.25) is 0 Å². The second-order valence-corrected chi connectivity index (χ2v) is 3.22. The lowest BCUT2D eigenvalue weighted by atomic mass is 10.0. The van der Waals surface area contributed by atoms with E-state index >= 15 is 0 Å². The molecule has 0 heterocycles. The summed E-state index contributed by atoms with van der Waals surface area (Å²) < 4.78 is 4.72. The van der Waals surface area contributed by atoms with Crippen LogP contribution in [-0.2, 0) is 4.79 Å². The van der Waals surface area contributed by atoms with E-state index in [2.05, 4.69) is 0 Å². The maximum atomic E-state index is 10.7. The lowest BCUT2D eigenvalue weighted by Crippen LogP contribution is -2.12. The molecular weight excluding hydrogens is 244 g/mol. The third kappa shape index (κ3) is 2.36. The van der Waals surface area contributed by atoms with Gasteiger partial charge in [-0.25, -0.2) is 4.79 Å². The van der Waals surface area contributed by atoms with Crippen molar-refractivity contribution in [3.05, 3.63) is 33.4 Å². The number of aliphatic hydroxyl groups excluding tert-OH is 1. The molecule has 1 unspecified atom stereocenters. The highest BCUT2D eigenvalue weighted by atomic mass is 16.6. The SMILES string of the molecule is COc1cc(C(O)C(=O)O)c(C#N)cc1[N+](=O)[O-]. The molecule has 0 aliphatic heterocycles. The van der Waals surface area contributed by atoms with Gasteiger partial charge in [0.15, 0.2) is 11.9 Å². The molecule has 0 radical (unpaired) electrons. The molecule has 0 saturated heterocycles. The standard InChI is InChI=1S/C10H8N2O6/c1-18-8-3-6(9(13)10(14)15)5(4-11)2-7(8)12(16)17/h2-3,9,13H,1H3,(H,14,15). The molecule has 18 heavy (non-hydrogen) atoms. The predicted octanol–water partition coefficient (Wildman–Crippen LogP) is 0.593. The Morgan fingerprint density at radius 2 is 2.22 bits per heavy atom. The summed E-state index contributed by atoms with van der Waals surface area (Å²) in [7, 11) is 1.16. The molecule has 1 rings (SSSR count). The first-order valence-electron chi connectivity index (χ1n) is 4.59. The van der Waals surface area contributed by atoms with Gasteiger partial charge in [0.25, 0.3) is 0 Å². The van der Waals surface area contributed by atoms with Gasteiger partial charge in [-0.3, -0.25) is 10.1 Å².